The number of nitrogens with two attached hydrogens (primary N) is 1. The Hall–Kier alpha value is -1.96. The van der Waals surface area contributed by atoms with Gasteiger partial charge in [0.15, 0.2) is 5.96 Å². The van der Waals surface area contributed by atoms with E-state index in [0.29, 0.717) is 25.0 Å². The average Bonchev–Trinajstić information content (AvgIpc) is 2.59. The van der Waals surface area contributed by atoms with Gasteiger partial charge in [0, 0.05) is 5.69 Å². The van der Waals surface area contributed by atoms with Crippen molar-refractivity contribution < 1.29 is 9.47 Å². The number of benzene rings is 2. The van der Waals surface area contributed by atoms with Crippen molar-refractivity contribution in [3.05, 3.63) is 54.1 Å². The number of nitrogens with one attached hydrogen (secondary N) is 1. The van der Waals surface area contributed by atoms with Crippen LogP contribution < -0.4 is 20.5 Å². The predicted molar refractivity (Wildman–Crippen MR) is 115 cm³/mol. The van der Waals surface area contributed by atoms with Crippen molar-refractivity contribution in [2.24, 2.45) is 10.7 Å². The Kier molecular flexibility index (Phi) is 9.12. The zero-order valence-corrected chi connectivity index (χ0v) is 17.2. The summed E-state index contributed by atoms with van der Waals surface area (Å²) in [4.78, 5) is 4.28. The number of hydrogen-bond acceptors (Lipinski definition) is 3. The van der Waals surface area contributed by atoms with Crippen LogP contribution in [0.4, 0.5) is 5.69 Å². The molecule has 136 valence electrons. The van der Waals surface area contributed by atoms with Gasteiger partial charge >= 0.3 is 0 Å². The Balaban J connectivity index is 0.00000312. The molecule has 25 heavy (non-hydrogen) atoms. The lowest BCUT2D eigenvalue weighted by molar-refractivity contribution is 0.327. The van der Waals surface area contributed by atoms with Gasteiger partial charge in [0.25, 0.3) is 0 Å². The van der Waals surface area contributed by atoms with E-state index in [4.69, 9.17) is 15.2 Å². The fraction of sp³-hybridized carbons (Fsp3) is 0.316. The Morgan fingerprint density at radius 3 is 2.44 bits per heavy atom. The summed E-state index contributed by atoms with van der Waals surface area (Å²) in [5.41, 5.74) is 8.12. The Morgan fingerprint density at radius 1 is 1.12 bits per heavy atom. The van der Waals surface area contributed by atoms with E-state index in [1.165, 1.54) is 5.56 Å². The first kappa shape index (κ1) is 21.1. The molecule has 0 saturated carbocycles. The Bertz CT molecular complexity index is 673. The number of guanidine groups is 1. The number of halogens is 1. The largest absolute Gasteiger partial charge is 0.497 e. The third-order valence-electron chi connectivity index (χ3n) is 3.53. The summed E-state index contributed by atoms with van der Waals surface area (Å²) in [6.45, 7) is 5.26. The number of rotatable bonds is 7. The summed E-state index contributed by atoms with van der Waals surface area (Å²) < 4.78 is 10.7. The van der Waals surface area contributed by atoms with Crippen molar-refractivity contribution in [3.63, 3.8) is 0 Å². The second kappa shape index (κ2) is 10.8. The molecule has 0 saturated heterocycles. The molecule has 0 aliphatic carbocycles. The van der Waals surface area contributed by atoms with Crippen molar-refractivity contribution >= 4 is 35.6 Å². The quantitative estimate of drug-likeness (QED) is 0.284. The fourth-order valence-corrected chi connectivity index (χ4v) is 2.16. The van der Waals surface area contributed by atoms with Gasteiger partial charge in [0.05, 0.1) is 13.7 Å². The number of hydrogen-bond donors (Lipinski definition) is 2. The number of methoxy groups -OCH3 is 1. The first-order chi connectivity index (χ1) is 11.6. The van der Waals surface area contributed by atoms with Crippen LogP contribution in [0.3, 0.4) is 0 Å². The number of aliphatic imine (C=N–C) groups is 1. The van der Waals surface area contributed by atoms with Crippen LogP contribution in [0.15, 0.2) is 53.5 Å². The molecule has 2 aromatic rings. The molecular formula is C19H26IN3O2. The third kappa shape index (κ3) is 7.21. The second-order valence-electron chi connectivity index (χ2n) is 5.70. The molecule has 0 aromatic heterocycles. The van der Waals surface area contributed by atoms with Gasteiger partial charge < -0.3 is 20.5 Å². The molecule has 0 aliphatic rings. The molecule has 0 radical (unpaired) electrons. The lowest BCUT2D eigenvalue weighted by Crippen LogP contribution is -2.23. The molecule has 0 unspecified atom stereocenters. The maximum atomic E-state index is 5.92. The van der Waals surface area contributed by atoms with Crippen LogP contribution in [0, 0.1) is 0 Å². The number of ether oxygens (including phenoxy) is 2. The van der Waals surface area contributed by atoms with Gasteiger partial charge in [-0.2, -0.15) is 0 Å². The predicted octanol–water partition coefficient (Wildman–Crippen LogP) is 4.24. The van der Waals surface area contributed by atoms with Crippen molar-refractivity contribution in [2.75, 3.05) is 25.6 Å². The van der Waals surface area contributed by atoms with Crippen molar-refractivity contribution in [1.82, 2.24) is 0 Å². The SMILES string of the molecule is COc1ccc(OCCN=C(N)Nc2cccc(C(C)C)c2)cc1.I. The lowest BCUT2D eigenvalue weighted by atomic mass is 10.0. The highest BCUT2D eigenvalue weighted by Gasteiger charge is 2.01. The third-order valence-corrected chi connectivity index (χ3v) is 3.53. The van der Waals surface area contributed by atoms with Gasteiger partial charge in [0.1, 0.15) is 18.1 Å². The molecule has 0 aliphatic heterocycles. The highest BCUT2D eigenvalue weighted by atomic mass is 127. The molecule has 3 N–H and O–H groups in total. The number of anilines is 1. The molecule has 0 atom stereocenters. The summed E-state index contributed by atoms with van der Waals surface area (Å²) in [6, 6.07) is 15.6. The van der Waals surface area contributed by atoms with E-state index in [9.17, 15) is 0 Å². The highest BCUT2D eigenvalue weighted by molar-refractivity contribution is 14.0. The smallest absolute Gasteiger partial charge is 0.193 e. The molecule has 0 bridgehead atoms. The van der Waals surface area contributed by atoms with Crippen molar-refractivity contribution in [3.8, 4) is 11.5 Å². The van der Waals surface area contributed by atoms with Gasteiger partial charge in [-0.15, -0.1) is 24.0 Å². The summed E-state index contributed by atoms with van der Waals surface area (Å²) >= 11 is 0. The fourth-order valence-electron chi connectivity index (χ4n) is 2.16. The second-order valence-corrected chi connectivity index (χ2v) is 5.70. The van der Waals surface area contributed by atoms with E-state index in [0.717, 1.165) is 17.2 Å². The molecular weight excluding hydrogens is 429 g/mol. The van der Waals surface area contributed by atoms with Crippen LogP contribution in [0.2, 0.25) is 0 Å². The summed E-state index contributed by atoms with van der Waals surface area (Å²) in [5.74, 6) is 2.44. The first-order valence-electron chi connectivity index (χ1n) is 8.02. The Morgan fingerprint density at radius 2 is 1.80 bits per heavy atom. The lowest BCUT2D eigenvalue weighted by Gasteiger charge is -2.10. The minimum absolute atomic E-state index is 0. The zero-order valence-electron chi connectivity index (χ0n) is 14.9. The van der Waals surface area contributed by atoms with Crippen LogP contribution in [0.1, 0.15) is 25.3 Å². The van der Waals surface area contributed by atoms with Gasteiger partial charge in [-0.05, 0) is 47.9 Å². The summed E-state index contributed by atoms with van der Waals surface area (Å²) in [5, 5.41) is 3.11. The van der Waals surface area contributed by atoms with E-state index >= 15 is 0 Å². The van der Waals surface area contributed by atoms with E-state index in [1.807, 2.05) is 36.4 Å². The Labute approximate surface area is 166 Å². The van der Waals surface area contributed by atoms with Gasteiger partial charge in [-0.1, -0.05) is 26.0 Å². The number of nitrogens with zero attached hydrogens (tertiary/aromatic N) is 1. The topological polar surface area (TPSA) is 68.9 Å². The molecule has 2 aromatic carbocycles. The zero-order chi connectivity index (χ0) is 17.4. The molecule has 0 fully saturated rings. The van der Waals surface area contributed by atoms with Crippen molar-refractivity contribution in [2.45, 2.75) is 19.8 Å². The molecule has 5 nitrogen and oxygen atoms in total. The molecule has 2 rings (SSSR count). The van der Waals surface area contributed by atoms with E-state index in [2.05, 4.69) is 36.3 Å². The highest BCUT2D eigenvalue weighted by Crippen LogP contribution is 2.18. The molecule has 0 heterocycles. The van der Waals surface area contributed by atoms with Crippen molar-refractivity contribution in [1.29, 1.82) is 0 Å². The van der Waals surface area contributed by atoms with Crippen LogP contribution in [-0.4, -0.2) is 26.2 Å². The van der Waals surface area contributed by atoms with Crippen LogP contribution in [0.25, 0.3) is 0 Å². The van der Waals surface area contributed by atoms with E-state index in [1.54, 1.807) is 7.11 Å². The van der Waals surface area contributed by atoms with E-state index in [-0.39, 0.29) is 24.0 Å². The molecule has 0 amide bonds. The minimum Gasteiger partial charge on any atom is -0.497 e. The monoisotopic (exact) mass is 455 g/mol. The van der Waals surface area contributed by atoms with Gasteiger partial charge in [0.2, 0.25) is 0 Å². The first-order valence-corrected chi connectivity index (χ1v) is 8.02. The van der Waals surface area contributed by atoms with Crippen LogP contribution >= 0.6 is 24.0 Å². The standard InChI is InChI=1S/C19H25N3O2.HI/c1-14(2)15-5-4-6-16(13-15)22-19(20)21-11-12-24-18-9-7-17(23-3)8-10-18;/h4-10,13-14H,11-12H2,1-3H3,(H3,20,21,22);1H. The summed E-state index contributed by atoms with van der Waals surface area (Å²) in [6.07, 6.45) is 0. The van der Waals surface area contributed by atoms with Crippen LogP contribution in [0.5, 0.6) is 11.5 Å². The maximum Gasteiger partial charge on any atom is 0.193 e. The average molecular weight is 455 g/mol. The normalized spacial score (nSPS) is 11.0. The minimum atomic E-state index is 0. The van der Waals surface area contributed by atoms with Gasteiger partial charge in [-0.25, -0.2) is 4.99 Å². The summed E-state index contributed by atoms with van der Waals surface area (Å²) in [7, 11) is 1.64. The van der Waals surface area contributed by atoms with E-state index < -0.39 is 0 Å². The molecule has 6 heteroatoms. The van der Waals surface area contributed by atoms with Gasteiger partial charge in [-0.3, -0.25) is 0 Å². The van der Waals surface area contributed by atoms with Crippen LogP contribution in [-0.2, 0) is 0 Å². The molecule has 0 spiro atoms. The maximum absolute atomic E-state index is 5.92.